The maximum Gasteiger partial charge on any atom is 0.261 e. The Labute approximate surface area is 209 Å². The summed E-state index contributed by atoms with van der Waals surface area (Å²) in [5, 5.41) is 0.666. The highest BCUT2D eigenvalue weighted by Crippen LogP contribution is 2.31. The van der Waals surface area contributed by atoms with E-state index in [0.29, 0.717) is 16.7 Å². The monoisotopic (exact) mass is 492 g/mol. The molecule has 2 aromatic carbocycles. The molecule has 7 heteroatoms. The standard InChI is InChI=1S/C28H30ClFN4O/c1-2-3-4-16-33-26(32-15-5-6-22(18-32)20-9-13-24(30)14-10-20)17-27(35)34-19-25(31-28(33)34)21-7-11-23(29)12-8-21/h7-14,17,19,22H,2-6,15-16,18H2,1H3. The SMILES string of the molecule is CCCCCn1c(N2CCCC(c3ccc(F)cc3)C2)cc(=O)n2cc(-c3ccc(Cl)cc3)nc12. The summed E-state index contributed by atoms with van der Waals surface area (Å²) in [5.41, 5.74) is 2.73. The first kappa shape index (κ1) is 23.6. The number of anilines is 1. The largest absolute Gasteiger partial charge is 0.357 e. The Bertz CT molecular complexity index is 1360. The number of unbranched alkanes of at least 4 members (excludes halogenated alkanes) is 2. The van der Waals surface area contributed by atoms with Gasteiger partial charge in [-0.25, -0.2) is 9.37 Å². The summed E-state index contributed by atoms with van der Waals surface area (Å²) < 4.78 is 17.3. The van der Waals surface area contributed by atoms with Crippen LogP contribution in [-0.2, 0) is 6.54 Å². The van der Waals surface area contributed by atoms with Gasteiger partial charge in [0.2, 0.25) is 5.78 Å². The first-order valence-corrected chi connectivity index (χ1v) is 12.8. The number of benzene rings is 2. The Morgan fingerprint density at radius 1 is 1.09 bits per heavy atom. The van der Waals surface area contributed by atoms with Gasteiger partial charge in [-0.05, 0) is 49.1 Å². The van der Waals surface area contributed by atoms with Gasteiger partial charge in [0.25, 0.3) is 5.56 Å². The van der Waals surface area contributed by atoms with Crippen molar-refractivity contribution in [3.05, 3.63) is 87.6 Å². The number of aromatic nitrogens is 3. The molecule has 182 valence electrons. The summed E-state index contributed by atoms with van der Waals surface area (Å²) in [5.74, 6) is 1.66. The van der Waals surface area contributed by atoms with E-state index in [2.05, 4.69) is 16.4 Å². The van der Waals surface area contributed by atoms with E-state index in [0.717, 1.165) is 74.4 Å². The summed E-state index contributed by atoms with van der Waals surface area (Å²) in [6, 6.07) is 16.1. The van der Waals surface area contributed by atoms with Crippen LogP contribution in [-0.4, -0.2) is 27.0 Å². The molecular formula is C28H30ClFN4O. The molecule has 0 aliphatic carbocycles. The second kappa shape index (κ2) is 10.2. The number of rotatable bonds is 7. The Hall–Kier alpha value is -3.12. The van der Waals surface area contributed by atoms with Crippen molar-refractivity contribution in [1.82, 2.24) is 14.0 Å². The van der Waals surface area contributed by atoms with Gasteiger partial charge >= 0.3 is 0 Å². The van der Waals surface area contributed by atoms with Crippen molar-refractivity contribution in [2.45, 2.75) is 51.5 Å². The number of fused-ring (bicyclic) bond motifs is 1. The lowest BCUT2D eigenvalue weighted by Crippen LogP contribution is -2.37. The summed E-state index contributed by atoms with van der Waals surface area (Å²) in [6.45, 7) is 4.65. The molecule has 3 heterocycles. The third-order valence-electron chi connectivity index (χ3n) is 6.91. The van der Waals surface area contributed by atoms with Crippen LogP contribution >= 0.6 is 11.6 Å². The Morgan fingerprint density at radius 3 is 2.60 bits per heavy atom. The number of aryl methyl sites for hydroxylation is 1. The van der Waals surface area contributed by atoms with Crippen LogP contribution in [0, 0.1) is 5.82 Å². The van der Waals surface area contributed by atoms with Crippen molar-refractivity contribution in [2.24, 2.45) is 0 Å². The summed E-state index contributed by atoms with van der Waals surface area (Å²) >= 11 is 6.07. The number of imidazole rings is 1. The molecular weight excluding hydrogens is 463 g/mol. The van der Waals surface area contributed by atoms with Crippen LogP contribution in [0.2, 0.25) is 5.02 Å². The first-order chi connectivity index (χ1) is 17.0. The predicted molar refractivity (Wildman–Crippen MR) is 140 cm³/mol. The van der Waals surface area contributed by atoms with E-state index in [1.54, 1.807) is 10.5 Å². The number of hydrogen-bond donors (Lipinski definition) is 0. The van der Waals surface area contributed by atoms with Crippen molar-refractivity contribution in [2.75, 3.05) is 18.0 Å². The molecule has 0 bridgehead atoms. The Balaban J connectivity index is 1.55. The molecule has 0 radical (unpaired) electrons. The molecule has 0 spiro atoms. The zero-order valence-electron chi connectivity index (χ0n) is 20.0. The van der Waals surface area contributed by atoms with Gasteiger partial charge in [0.05, 0.1) is 5.69 Å². The molecule has 5 rings (SSSR count). The molecule has 1 aliphatic heterocycles. The third kappa shape index (κ3) is 4.98. The molecule has 1 unspecified atom stereocenters. The van der Waals surface area contributed by atoms with Gasteiger partial charge in [-0.2, -0.15) is 0 Å². The fraction of sp³-hybridized carbons (Fsp3) is 0.357. The minimum Gasteiger partial charge on any atom is -0.357 e. The molecule has 1 aliphatic rings. The topological polar surface area (TPSA) is 42.5 Å². The highest BCUT2D eigenvalue weighted by atomic mass is 35.5. The smallest absolute Gasteiger partial charge is 0.261 e. The van der Waals surface area contributed by atoms with Crippen molar-refractivity contribution >= 4 is 23.2 Å². The molecule has 5 nitrogen and oxygen atoms in total. The lowest BCUT2D eigenvalue weighted by molar-refractivity contribution is 0.493. The fourth-order valence-electron chi connectivity index (χ4n) is 5.03. The lowest BCUT2D eigenvalue weighted by Gasteiger charge is -2.36. The highest BCUT2D eigenvalue weighted by Gasteiger charge is 2.25. The zero-order valence-corrected chi connectivity index (χ0v) is 20.7. The minimum atomic E-state index is -0.215. The first-order valence-electron chi connectivity index (χ1n) is 12.4. The molecule has 35 heavy (non-hydrogen) atoms. The van der Waals surface area contributed by atoms with E-state index in [1.165, 1.54) is 12.1 Å². The molecule has 2 aromatic heterocycles. The summed E-state index contributed by atoms with van der Waals surface area (Å²) in [4.78, 5) is 20.4. The minimum absolute atomic E-state index is 0.0849. The maximum absolute atomic E-state index is 13.5. The average molecular weight is 493 g/mol. The fourth-order valence-corrected chi connectivity index (χ4v) is 5.16. The zero-order chi connectivity index (χ0) is 24.4. The predicted octanol–water partition coefficient (Wildman–Crippen LogP) is 6.53. The van der Waals surface area contributed by atoms with E-state index in [9.17, 15) is 9.18 Å². The number of halogens is 2. The molecule has 4 aromatic rings. The lowest BCUT2D eigenvalue weighted by atomic mass is 9.90. The summed E-state index contributed by atoms with van der Waals surface area (Å²) in [7, 11) is 0. The molecule has 0 N–H and O–H groups in total. The van der Waals surface area contributed by atoms with Crippen LogP contribution in [0.15, 0.2) is 65.6 Å². The van der Waals surface area contributed by atoms with Crippen molar-refractivity contribution < 1.29 is 4.39 Å². The molecule has 0 saturated carbocycles. The van der Waals surface area contributed by atoms with Crippen LogP contribution in [0.1, 0.15) is 50.5 Å². The van der Waals surface area contributed by atoms with E-state index < -0.39 is 0 Å². The van der Waals surface area contributed by atoms with Gasteiger partial charge in [-0.3, -0.25) is 13.8 Å². The molecule has 0 amide bonds. The highest BCUT2D eigenvalue weighted by molar-refractivity contribution is 6.30. The second-order valence-electron chi connectivity index (χ2n) is 9.34. The summed E-state index contributed by atoms with van der Waals surface area (Å²) in [6.07, 6.45) is 7.13. The van der Waals surface area contributed by atoms with Crippen LogP contribution in [0.25, 0.3) is 17.0 Å². The van der Waals surface area contributed by atoms with Crippen LogP contribution in [0.5, 0.6) is 0 Å². The average Bonchev–Trinajstić information content (AvgIpc) is 3.32. The van der Waals surface area contributed by atoms with Crippen LogP contribution in [0.4, 0.5) is 10.2 Å². The third-order valence-corrected chi connectivity index (χ3v) is 7.16. The van der Waals surface area contributed by atoms with Gasteiger partial charge in [0.1, 0.15) is 11.6 Å². The van der Waals surface area contributed by atoms with Gasteiger partial charge in [-0.15, -0.1) is 0 Å². The van der Waals surface area contributed by atoms with Gasteiger partial charge in [0, 0.05) is 48.4 Å². The van der Waals surface area contributed by atoms with E-state index in [4.69, 9.17) is 16.6 Å². The van der Waals surface area contributed by atoms with Crippen molar-refractivity contribution in [1.29, 1.82) is 0 Å². The number of hydrogen-bond acceptors (Lipinski definition) is 3. The molecule has 1 atom stereocenters. The van der Waals surface area contributed by atoms with Gasteiger partial charge in [0.15, 0.2) is 0 Å². The maximum atomic E-state index is 13.5. The van der Waals surface area contributed by atoms with Gasteiger partial charge < -0.3 is 4.90 Å². The Kier molecular flexibility index (Phi) is 6.91. The Morgan fingerprint density at radius 2 is 1.86 bits per heavy atom. The number of nitrogens with zero attached hydrogens (tertiary/aromatic N) is 4. The second-order valence-corrected chi connectivity index (χ2v) is 9.78. The van der Waals surface area contributed by atoms with Gasteiger partial charge in [-0.1, -0.05) is 55.6 Å². The van der Waals surface area contributed by atoms with E-state index >= 15 is 0 Å². The number of piperidine rings is 1. The normalized spacial score (nSPS) is 16.2. The molecule has 1 fully saturated rings. The quantitative estimate of drug-likeness (QED) is 0.275. The molecule has 1 saturated heterocycles. The van der Waals surface area contributed by atoms with Crippen molar-refractivity contribution in [3.8, 4) is 11.3 Å². The van der Waals surface area contributed by atoms with E-state index in [1.807, 2.05) is 42.6 Å². The van der Waals surface area contributed by atoms with Crippen molar-refractivity contribution in [3.63, 3.8) is 0 Å². The van der Waals surface area contributed by atoms with E-state index in [-0.39, 0.29) is 11.4 Å². The van der Waals surface area contributed by atoms with Crippen LogP contribution < -0.4 is 10.5 Å². The van der Waals surface area contributed by atoms with Crippen LogP contribution in [0.3, 0.4) is 0 Å².